The molecule has 2 nitrogen and oxygen atoms in total. The maximum atomic E-state index is 4.17. The standard InChI is InChI=1S/C10H12N2/c1-3-6-9(11-2)10-7-4-5-8-12-10/h4-8H,2-3H2,1H3/b9-6-. The molecule has 0 aliphatic carbocycles. The maximum absolute atomic E-state index is 4.17. The predicted octanol–water partition coefficient (Wildman–Crippen LogP) is 2.53. The third-order valence-electron chi connectivity index (χ3n) is 1.50. The summed E-state index contributed by atoms with van der Waals surface area (Å²) >= 11 is 0. The van der Waals surface area contributed by atoms with Crippen LogP contribution < -0.4 is 0 Å². The Bertz CT molecular complexity index is 275. The van der Waals surface area contributed by atoms with E-state index >= 15 is 0 Å². The molecule has 0 bridgehead atoms. The van der Waals surface area contributed by atoms with Crippen molar-refractivity contribution < 1.29 is 0 Å². The smallest absolute Gasteiger partial charge is 0.0882 e. The average molecular weight is 160 g/mol. The van der Waals surface area contributed by atoms with Gasteiger partial charge in [-0.2, -0.15) is 0 Å². The highest BCUT2D eigenvalue weighted by atomic mass is 14.8. The summed E-state index contributed by atoms with van der Waals surface area (Å²) < 4.78 is 0. The van der Waals surface area contributed by atoms with Crippen molar-refractivity contribution >= 4 is 12.4 Å². The van der Waals surface area contributed by atoms with Crippen molar-refractivity contribution in [1.29, 1.82) is 0 Å². The summed E-state index contributed by atoms with van der Waals surface area (Å²) in [5, 5.41) is 0. The lowest BCUT2D eigenvalue weighted by molar-refractivity contribution is 1.19. The van der Waals surface area contributed by atoms with Gasteiger partial charge in [-0.3, -0.25) is 9.98 Å². The van der Waals surface area contributed by atoms with Crippen molar-refractivity contribution in [3.8, 4) is 0 Å². The van der Waals surface area contributed by atoms with Gasteiger partial charge in [0.05, 0.1) is 11.4 Å². The summed E-state index contributed by atoms with van der Waals surface area (Å²) in [6.07, 6.45) is 4.71. The van der Waals surface area contributed by atoms with Gasteiger partial charge in [0.1, 0.15) is 0 Å². The van der Waals surface area contributed by atoms with Gasteiger partial charge in [-0.15, -0.1) is 0 Å². The van der Waals surface area contributed by atoms with Crippen LogP contribution in [-0.2, 0) is 0 Å². The number of pyridine rings is 1. The molecule has 0 aromatic carbocycles. The minimum atomic E-state index is 0.859. The van der Waals surface area contributed by atoms with Crippen LogP contribution in [0, 0.1) is 0 Å². The molecule has 62 valence electrons. The zero-order chi connectivity index (χ0) is 8.81. The van der Waals surface area contributed by atoms with Crippen molar-refractivity contribution in [2.24, 2.45) is 4.99 Å². The van der Waals surface area contributed by atoms with Crippen LogP contribution in [0.25, 0.3) is 5.70 Å². The molecule has 1 rings (SSSR count). The molecule has 0 unspecified atom stereocenters. The van der Waals surface area contributed by atoms with Crippen molar-refractivity contribution in [1.82, 2.24) is 4.98 Å². The molecule has 1 aromatic rings. The second-order valence-corrected chi connectivity index (χ2v) is 2.37. The summed E-state index contributed by atoms with van der Waals surface area (Å²) in [4.78, 5) is 8.06. The fourth-order valence-electron chi connectivity index (χ4n) is 0.958. The molecule has 0 aliphatic heterocycles. The Balaban J connectivity index is 2.96. The molecule has 12 heavy (non-hydrogen) atoms. The number of hydrogen-bond donors (Lipinski definition) is 0. The minimum Gasteiger partial charge on any atom is -0.263 e. The Kier molecular flexibility index (Phi) is 3.20. The van der Waals surface area contributed by atoms with E-state index < -0.39 is 0 Å². The molecule has 0 atom stereocenters. The third-order valence-corrected chi connectivity index (χ3v) is 1.50. The first-order valence-electron chi connectivity index (χ1n) is 3.96. The highest BCUT2D eigenvalue weighted by molar-refractivity contribution is 5.64. The first-order valence-corrected chi connectivity index (χ1v) is 3.96. The molecule has 0 saturated heterocycles. The second-order valence-electron chi connectivity index (χ2n) is 2.37. The minimum absolute atomic E-state index is 0.859. The normalized spacial score (nSPS) is 11.2. The highest BCUT2D eigenvalue weighted by Crippen LogP contribution is 2.11. The fraction of sp³-hybridized carbons (Fsp3) is 0.200. The number of rotatable bonds is 3. The molecular formula is C10H12N2. The summed E-state index contributed by atoms with van der Waals surface area (Å²) in [5.74, 6) is 0. The van der Waals surface area contributed by atoms with E-state index in [9.17, 15) is 0 Å². The number of allylic oxidation sites excluding steroid dienone is 1. The van der Waals surface area contributed by atoms with Gasteiger partial charge < -0.3 is 0 Å². The lowest BCUT2D eigenvalue weighted by Crippen LogP contribution is -1.84. The van der Waals surface area contributed by atoms with Gasteiger partial charge in [0.15, 0.2) is 0 Å². The van der Waals surface area contributed by atoms with Gasteiger partial charge in [0, 0.05) is 6.20 Å². The lowest BCUT2D eigenvalue weighted by atomic mass is 10.2. The van der Waals surface area contributed by atoms with Gasteiger partial charge in [-0.25, -0.2) is 0 Å². The van der Waals surface area contributed by atoms with Crippen LogP contribution >= 0.6 is 0 Å². The van der Waals surface area contributed by atoms with Gasteiger partial charge in [-0.1, -0.05) is 19.1 Å². The Morgan fingerprint density at radius 2 is 2.50 bits per heavy atom. The van der Waals surface area contributed by atoms with E-state index in [0.29, 0.717) is 0 Å². The molecule has 0 spiro atoms. The number of nitrogens with zero attached hydrogens (tertiary/aromatic N) is 2. The molecule has 0 N–H and O–H groups in total. The Morgan fingerprint density at radius 1 is 1.67 bits per heavy atom. The summed E-state index contributed by atoms with van der Waals surface area (Å²) in [6.45, 7) is 5.56. The predicted molar refractivity (Wildman–Crippen MR) is 52.1 cm³/mol. The quantitative estimate of drug-likeness (QED) is 0.624. The van der Waals surface area contributed by atoms with Crippen LogP contribution in [-0.4, -0.2) is 11.7 Å². The van der Waals surface area contributed by atoms with Crippen molar-refractivity contribution in [3.05, 3.63) is 36.2 Å². The van der Waals surface area contributed by atoms with Gasteiger partial charge in [-0.05, 0) is 25.3 Å². The fourth-order valence-corrected chi connectivity index (χ4v) is 0.958. The van der Waals surface area contributed by atoms with Crippen molar-refractivity contribution in [3.63, 3.8) is 0 Å². The van der Waals surface area contributed by atoms with Crippen LogP contribution in [0.4, 0.5) is 0 Å². The Labute approximate surface area is 72.7 Å². The van der Waals surface area contributed by atoms with Crippen molar-refractivity contribution in [2.45, 2.75) is 13.3 Å². The zero-order valence-corrected chi connectivity index (χ0v) is 7.20. The molecule has 0 fully saturated rings. The SMILES string of the molecule is C=N/C(=C\CC)c1ccccn1. The molecule has 1 heterocycles. The van der Waals surface area contributed by atoms with E-state index in [-0.39, 0.29) is 0 Å². The van der Waals surface area contributed by atoms with Crippen LogP contribution in [0.2, 0.25) is 0 Å². The largest absolute Gasteiger partial charge is 0.263 e. The van der Waals surface area contributed by atoms with E-state index in [0.717, 1.165) is 17.8 Å². The number of aliphatic imine (C=N–C) groups is 1. The first kappa shape index (κ1) is 8.65. The van der Waals surface area contributed by atoms with Crippen LogP contribution in [0.5, 0.6) is 0 Å². The van der Waals surface area contributed by atoms with E-state index in [1.165, 1.54) is 0 Å². The van der Waals surface area contributed by atoms with E-state index in [1.807, 2.05) is 24.3 Å². The molecule has 0 amide bonds. The topological polar surface area (TPSA) is 25.2 Å². The van der Waals surface area contributed by atoms with Crippen LogP contribution in [0.3, 0.4) is 0 Å². The van der Waals surface area contributed by atoms with E-state index in [4.69, 9.17) is 0 Å². The van der Waals surface area contributed by atoms with Crippen LogP contribution in [0.1, 0.15) is 19.0 Å². The lowest BCUT2D eigenvalue weighted by Gasteiger charge is -1.97. The van der Waals surface area contributed by atoms with E-state index in [1.54, 1.807) is 6.20 Å². The maximum Gasteiger partial charge on any atom is 0.0882 e. The van der Waals surface area contributed by atoms with E-state index in [2.05, 4.69) is 23.6 Å². The molecule has 0 radical (unpaired) electrons. The van der Waals surface area contributed by atoms with Crippen molar-refractivity contribution in [2.75, 3.05) is 0 Å². The summed E-state index contributed by atoms with van der Waals surface area (Å²) in [5.41, 5.74) is 1.74. The monoisotopic (exact) mass is 160 g/mol. The first-order chi connectivity index (χ1) is 5.88. The molecular weight excluding hydrogens is 148 g/mol. The number of aromatic nitrogens is 1. The van der Waals surface area contributed by atoms with Gasteiger partial charge in [0.25, 0.3) is 0 Å². The summed E-state index contributed by atoms with van der Waals surface area (Å²) in [7, 11) is 0. The second kappa shape index (κ2) is 4.44. The molecule has 1 aromatic heterocycles. The number of hydrogen-bond acceptors (Lipinski definition) is 2. The molecule has 0 aliphatic rings. The van der Waals surface area contributed by atoms with Crippen LogP contribution in [0.15, 0.2) is 35.5 Å². The van der Waals surface area contributed by atoms with Gasteiger partial charge in [0.2, 0.25) is 0 Å². The molecule has 2 heteroatoms. The molecule has 0 saturated carbocycles. The highest BCUT2D eigenvalue weighted by Gasteiger charge is 1.96. The Morgan fingerprint density at radius 3 is 3.00 bits per heavy atom. The third kappa shape index (κ3) is 2.02. The van der Waals surface area contributed by atoms with Gasteiger partial charge >= 0.3 is 0 Å². The zero-order valence-electron chi connectivity index (χ0n) is 7.20. The average Bonchev–Trinajstić information content (AvgIpc) is 2.15. The summed E-state index contributed by atoms with van der Waals surface area (Å²) in [6, 6.07) is 5.75. The Hall–Kier alpha value is -1.44.